The molecule has 1 rings (SSSR count). The van der Waals surface area contributed by atoms with Gasteiger partial charge in [0, 0.05) is 6.61 Å². The molecule has 10 heavy (non-hydrogen) atoms. The van der Waals surface area contributed by atoms with E-state index in [0.29, 0.717) is 12.5 Å². The molecule has 0 spiro atoms. The van der Waals surface area contributed by atoms with Crippen molar-refractivity contribution in [3.05, 3.63) is 0 Å². The van der Waals surface area contributed by atoms with Crippen molar-refractivity contribution in [1.82, 2.24) is 0 Å². The fourth-order valence-electron chi connectivity index (χ4n) is 1.92. The van der Waals surface area contributed by atoms with Crippen LogP contribution in [0, 0.1) is 17.8 Å². The van der Waals surface area contributed by atoms with Crippen molar-refractivity contribution >= 4 is 0 Å². The summed E-state index contributed by atoms with van der Waals surface area (Å²) in [6.07, 6.45) is 4.04. The van der Waals surface area contributed by atoms with Crippen molar-refractivity contribution in [2.75, 3.05) is 6.61 Å². The highest BCUT2D eigenvalue weighted by molar-refractivity contribution is 4.76. The van der Waals surface area contributed by atoms with Gasteiger partial charge in [-0.25, -0.2) is 0 Å². The summed E-state index contributed by atoms with van der Waals surface area (Å²) in [7, 11) is 0. The second-order valence-electron chi connectivity index (χ2n) is 3.84. The van der Waals surface area contributed by atoms with Gasteiger partial charge in [-0.2, -0.15) is 0 Å². The van der Waals surface area contributed by atoms with E-state index in [0.717, 1.165) is 11.8 Å². The molecule has 3 atom stereocenters. The maximum Gasteiger partial charge on any atom is 0.0459 e. The molecule has 0 aromatic rings. The average Bonchev–Trinajstić information content (AvgIpc) is 2.34. The molecule has 0 amide bonds. The van der Waals surface area contributed by atoms with Crippen molar-refractivity contribution in [2.45, 2.75) is 33.1 Å². The Morgan fingerprint density at radius 2 is 2.20 bits per heavy atom. The summed E-state index contributed by atoms with van der Waals surface area (Å²) in [5.41, 5.74) is 0. The molecule has 0 bridgehead atoms. The summed E-state index contributed by atoms with van der Waals surface area (Å²) in [6, 6.07) is 0. The molecule has 0 aliphatic heterocycles. The first-order valence-corrected chi connectivity index (χ1v) is 4.35. The maximum atomic E-state index is 8.88. The number of aliphatic hydroxyl groups excluding tert-OH is 1. The summed E-state index contributed by atoms with van der Waals surface area (Å²) in [4.78, 5) is 0. The van der Waals surface area contributed by atoms with Gasteiger partial charge in [-0.1, -0.05) is 20.3 Å². The fraction of sp³-hybridized carbons (Fsp3) is 1.00. The number of rotatable bonds is 2. The third kappa shape index (κ3) is 1.72. The standard InChI is InChI=1S/C9H18O/c1-7-3-4-9(5-7)8(2)6-10/h7-10H,3-6H2,1-2H3. The third-order valence-electron chi connectivity index (χ3n) is 2.83. The van der Waals surface area contributed by atoms with Gasteiger partial charge in [0.2, 0.25) is 0 Å². The van der Waals surface area contributed by atoms with Crippen LogP contribution in [0.1, 0.15) is 33.1 Å². The normalized spacial score (nSPS) is 36.3. The van der Waals surface area contributed by atoms with Crippen LogP contribution < -0.4 is 0 Å². The molecule has 0 saturated heterocycles. The zero-order chi connectivity index (χ0) is 7.56. The van der Waals surface area contributed by atoms with Gasteiger partial charge < -0.3 is 5.11 Å². The molecular formula is C9H18O. The van der Waals surface area contributed by atoms with E-state index in [2.05, 4.69) is 13.8 Å². The molecule has 1 heteroatoms. The molecule has 1 fully saturated rings. The molecular weight excluding hydrogens is 124 g/mol. The van der Waals surface area contributed by atoms with Gasteiger partial charge in [0.1, 0.15) is 0 Å². The first-order chi connectivity index (χ1) is 4.74. The molecule has 3 unspecified atom stereocenters. The van der Waals surface area contributed by atoms with E-state index in [-0.39, 0.29) is 0 Å². The van der Waals surface area contributed by atoms with Crippen molar-refractivity contribution < 1.29 is 5.11 Å². The first-order valence-electron chi connectivity index (χ1n) is 4.35. The highest BCUT2D eigenvalue weighted by Gasteiger charge is 2.25. The molecule has 0 radical (unpaired) electrons. The third-order valence-corrected chi connectivity index (χ3v) is 2.83. The molecule has 1 saturated carbocycles. The Kier molecular flexibility index (Phi) is 2.72. The lowest BCUT2D eigenvalue weighted by atomic mass is 9.93. The van der Waals surface area contributed by atoms with Crippen molar-refractivity contribution in [3.63, 3.8) is 0 Å². The van der Waals surface area contributed by atoms with Crippen LogP contribution in [0.3, 0.4) is 0 Å². The summed E-state index contributed by atoms with van der Waals surface area (Å²) >= 11 is 0. The summed E-state index contributed by atoms with van der Waals surface area (Å²) in [6.45, 7) is 4.84. The zero-order valence-corrected chi connectivity index (χ0v) is 7.01. The second-order valence-corrected chi connectivity index (χ2v) is 3.84. The van der Waals surface area contributed by atoms with Gasteiger partial charge in [0.15, 0.2) is 0 Å². The first kappa shape index (κ1) is 8.06. The van der Waals surface area contributed by atoms with Crippen molar-refractivity contribution in [1.29, 1.82) is 0 Å². The number of hydrogen-bond acceptors (Lipinski definition) is 1. The molecule has 0 aromatic carbocycles. The Hall–Kier alpha value is -0.0400. The summed E-state index contributed by atoms with van der Waals surface area (Å²) in [5, 5.41) is 8.88. The van der Waals surface area contributed by atoms with Crippen LogP contribution >= 0.6 is 0 Å². The Bertz CT molecular complexity index is 101. The SMILES string of the molecule is CC1CCC(C(C)CO)C1. The Morgan fingerprint density at radius 1 is 1.50 bits per heavy atom. The van der Waals surface area contributed by atoms with Crippen LogP contribution in [0.15, 0.2) is 0 Å². The van der Waals surface area contributed by atoms with Crippen molar-refractivity contribution in [3.8, 4) is 0 Å². The van der Waals surface area contributed by atoms with Gasteiger partial charge >= 0.3 is 0 Å². The predicted molar refractivity (Wildman–Crippen MR) is 42.8 cm³/mol. The largest absolute Gasteiger partial charge is 0.396 e. The van der Waals surface area contributed by atoms with Gasteiger partial charge in [-0.15, -0.1) is 0 Å². The minimum atomic E-state index is 0.372. The molecule has 1 nitrogen and oxygen atoms in total. The second kappa shape index (κ2) is 3.38. The molecule has 1 aliphatic carbocycles. The van der Waals surface area contributed by atoms with E-state index in [1.54, 1.807) is 0 Å². The van der Waals surface area contributed by atoms with E-state index in [4.69, 9.17) is 5.11 Å². The Morgan fingerprint density at radius 3 is 2.60 bits per heavy atom. The van der Waals surface area contributed by atoms with Crippen LogP contribution in [0.2, 0.25) is 0 Å². The smallest absolute Gasteiger partial charge is 0.0459 e. The molecule has 0 aromatic heterocycles. The molecule has 0 heterocycles. The van der Waals surface area contributed by atoms with E-state index in [1.165, 1.54) is 19.3 Å². The monoisotopic (exact) mass is 142 g/mol. The van der Waals surface area contributed by atoms with E-state index < -0.39 is 0 Å². The van der Waals surface area contributed by atoms with Crippen LogP contribution in [-0.4, -0.2) is 11.7 Å². The number of aliphatic hydroxyl groups is 1. The predicted octanol–water partition coefficient (Wildman–Crippen LogP) is 2.05. The summed E-state index contributed by atoms with van der Waals surface area (Å²) in [5.74, 6) is 2.24. The molecule has 60 valence electrons. The molecule has 1 aliphatic rings. The maximum absolute atomic E-state index is 8.88. The minimum Gasteiger partial charge on any atom is -0.396 e. The van der Waals surface area contributed by atoms with E-state index in [9.17, 15) is 0 Å². The lowest BCUT2D eigenvalue weighted by Crippen LogP contribution is -2.11. The lowest BCUT2D eigenvalue weighted by molar-refractivity contribution is 0.188. The van der Waals surface area contributed by atoms with Crippen molar-refractivity contribution in [2.24, 2.45) is 17.8 Å². The van der Waals surface area contributed by atoms with Crippen LogP contribution in [-0.2, 0) is 0 Å². The van der Waals surface area contributed by atoms with E-state index in [1.807, 2.05) is 0 Å². The fourth-order valence-corrected chi connectivity index (χ4v) is 1.92. The minimum absolute atomic E-state index is 0.372. The molecule has 1 N–H and O–H groups in total. The summed E-state index contributed by atoms with van der Waals surface area (Å²) < 4.78 is 0. The van der Waals surface area contributed by atoms with E-state index >= 15 is 0 Å². The van der Waals surface area contributed by atoms with Gasteiger partial charge in [0.25, 0.3) is 0 Å². The Balaban J connectivity index is 2.29. The van der Waals surface area contributed by atoms with Gasteiger partial charge in [0.05, 0.1) is 0 Å². The highest BCUT2D eigenvalue weighted by atomic mass is 16.3. The zero-order valence-electron chi connectivity index (χ0n) is 7.01. The van der Waals surface area contributed by atoms with Crippen LogP contribution in [0.4, 0.5) is 0 Å². The highest BCUT2D eigenvalue weighted by Crippen LogP contribution is 2.34. The van der Waals surface area contributed by atoms with Crippen LogP contribution in [0.25, 0.3) is 0 Å². The quantitative estimate of drug-likeness (QED) is 0.625. The topological polar surface area (TPSA) is 20.2 Å². The Labute approximate surface area is 63.4 Å². The number of hydrogen-bond donors (Lipinski definition) is 1. The lowest BCUT2D eigenvalue weighted by Gasteiger charge is -2.15. The van der Waals surface area contributed by atoms with Gasteiger partial charge in [-0.3, -0.25) is 0 Å². The van der Waals surface area contributed by atoms with Gasteiger partial charge in [-0.05, 0) is 30.6 Å². The van der Waals surface area contributed by atoms with Crippen LogP contribution in [0.5, 0.6) is 0 Å². The average molecular weight is 142 g/mol.